The number of hydrogen-bond donors (Lipinski definition) is 2. The molecule has 12 heavy (non-hydrogen) atoms. The van der Waals surface area contributed by atoms with Crippen molar-refractivity contribution in [2.75, 3.05) is 5.73 Å². The summed E-state index contributed by atoms with van der Waals surface area (Å²) in [4.78, 5) is 7.10. The molecule has 2 rings (SSSR count). The first-order valence-corrected chi connectivity index (χ1v) is 4.13. The molecule has 2 aromatic rings. The predicted octanol–water partition coefficient (Wildman–Crippen LogP) is 1.88. The van der Waals surface area contributed by atoms with Gasteiger partial charge in [0.15, 0.2) is 0 Å². The third-order valence-electron chi connectivity index (χ3n) is 1.84. The number of aromatic amines is 1. The third kappa shape index (κ3) is 0.940. The number of nitrogen functional groups attached to an aromatic ring is 1. The second-order valence-corrected chi connectivity index (χ2v) is 2.84. The highest BCUT2D eigenvalue weighted by Gasteiger charge is 2.04. The summed E-state index contributed by atoms with van der Waals surface area (Å²) in [6.07, 6.45) is 1.62. The second kappa shape index (κ2) is 2.68. The first kappa shape index (κ1) is 7.43. The Morgan fingerprint density at radius 1 is 1.50 bits per heavy atom. The van der Waals surface area contributed by atoms with Gasteiger partial charge in [0.25, 0.3) is 0 Å². The van der Waals surface area contributed by atoms with Gasteiger partial charge in [0.1, 0.15) is 0 Å². The molecule has 0 unspecified atom stereocenters. The molecule has 0 fully saturated rings. The molecule has 4 heteroatoms. The first-order valence-electron chi connectivity index (χ1n) is 3.59. The molecule has 0 saturated carbocycles. The minimum absolute atomic E-state index is 0.460. The maximum absolute atomic E-state index is 5.72. The summed E-state index contributed by atoms with van der Waals surface area (Å²) < 4.78 is 0. The van der Waals surface area contributed by atoms with Crippen LogP contribution in [-0.4, -0.2) is 9.97 Å². The lowest BCUT2D eigenvalue weighted by Gasteiger charge is -1.98. The Morgan fingerprint density at radius 3 is 3.08 bits per heavy atom. The number of H-pyrrole nitrogens is 1. The largest absolute Gasteiger partial charge is 0.397 e. The minimum atomic E-state index is 0.460. The molecular weight excluding hydrogens is 174 g/mol. The van der Waals surface area contributed by atoms with Crippen LogP contribution in [0.3, 0.4) is 0 Å². The van der Waals surface area contributed by atoms with Crippen LogP contribution in [0.2, 0.25) is 0 Å². The van der Waals surface area contributed by atoms with Gasteiger partial charge in [0.05, 0.1) is 23.0 Å². The molecule has 1 aromatic heterocycles. The molecule has 0 atom stereocenters. The summed E-state index contributed by atoms with van der Waals surface area (Å²) in [5.41, 5.74) is 9.15. The molecule has 0 amide bonds. The van der Waals surface area contributed by atoms with Gasteiger partial charge in [0, 0.05) is 5.88 Å². The van der Waals surface area contributed by atoms with Crippen LogP contribution in [0.5, 0.6) is 0 Å². The topological polar surface area (TPSA) is 54.7 Å². The number of aromatic nitrogens is 2. The van der Waals surface area contributed by atoms with Crippen molar-refractivity contribution in [1.82, 2.24) is 9.97 Å². The average Bonchev–Trinajstić information content (AvgIpc) is 2.54. The average molecular weight is 182 g/mol. The SMILES string of the molecule is Nc1ccc(CCl)c2nc[nH]c12. The van der Waals surface area contributed by atoms with Crippen LogP contribution in [0.1, 0.15) is 5.56 Å². The summed E-state index contributed by atoms with van der Waals surface area (Å²) in [6.45, 7) is 0. The zero-order valence-electron chi connectivity index (χ0n) is 6.34. The number of hydrogen-bond acceptors (Lipinski definition) is 2. The monoisotopic (exact) mass is 181 g/mol. The number of imidazole rings is 1. The van der Waals surface area contributed by atoms with Gasteiger partial charge in [-0.05, 0) is 11.6 Å². The Bertz CT molecular complexity index is 408. The van der Waals surface area contributed by atoms with Crippen molar-refractivity contribution in [3.8, 4) is 0 Å². The Labute approximate surface area is 74.5 Å². The van der Waals surface area contributed by atoms with Crippen LogP contribution in [0.15, 0.2) is 18.5 Å². The lowest BCUT2D eigenvalue weighted by atomic mass is 10.2. The Hall–Kier alpha value is -1.22. The quantitative estimate of drug-likeness (QED) is 0.522. The molecule has 0 spiro atoms. The number of nitrogens with zero attached hydrogens (tertiary/aromatic N) is 1. The molecule has 3 nitrogen and oxygen atoms in total. The van der Waals surface area contributed by atoms with Crippen LogP contribution >= 0.6 is 11.6 Å². The molecule has 1 aromatic carbocycles. The summed E-state index contributed by atoms with van der Waals surface area (Å²) in [5, 5.41) is 0. The molecule has 0 bridgehead atoms. The Morgan fingerprint density at radius 2 is 2.33 bits per heavy atom. The molecule has 0 aliphatic heterocycles. The van der Waals surface area contributed by atoms with Crippen LogP contribution < -0.4 is 5.73 Å². The fraction of sp³-hybridized carbons (Fsp3) is 0.125. The molecule has 0 saturated heterocycles. The molecule has 62 valence electrons. The van der Waals surface area contributed by atoms with Crippen molar-refractivity contribution < 1.29 is 0 Å². The summed E-state index contributed by atoms with van der Waals surface area (Å²) in [5.74, 6) is 0.460. The van der Waals surface area contributed by atoms with Gasteiger partial charge < -0.3 is 10.7 Å². The summed E-state index contributed by atoms with van der Waals surface area (Å²) in [7, 11) is 0. The van der Waals surface area contributed by atoms with E-state index >= 15 is 0 Å². The Balaban J connectivity index is 2.82. The molecule has 3 N–H and O–H groups in total. The van der Waals surface area contributed by atoms with Crippen LogP contribution in [0, 0.1) is 0 Å². The van der Waals surface area contributed by atoms with Crippen LogP contribution in [0.4, 0.5) is 5.69 Å². The maximum atomic E-state index is 5.72. The van der Waals surface area contributed by atoms with Gasteiger partial charge in [-0.25, -0.2) is 4.98 Å². The predicted molar refractivity (Wildman–Crippen MR) is 50.1 cm³/mol. The van der Waals surface area contributed by atoms with E-state index in [0.717, 1.165) is 16.6 Å². The molecule has 1 heterocycles. The van der Waals surface area contributed by atoms with E-state index in [1.807, 2.05) is 12.1 Å². The number of alkyl halides is 1. The molecule has 0 radical (unpaired) electrons. The van der Waals surface area contributed by atoms with E-state index in [-0.39, 0.29) is 0 Å². The molecular formula is C8H8ClN3. The highest BCUT2D eigenvalue weighted by atomic mass is 35.5. The number of rotatable bonds is 1. The number of anilines is 1. The van der Waals surface area contributed by atoms with Gasteiger partial charge in [-0.3, -0.25) is 0 Å². The van der Waals surface area contributed by atoms with E-state index in [2.05, 4.69) is 9.97 Å². The fourth-order valence-electron chi connectivity index (χ4n) is 1.22. The van der Waals surface area contributed by atoms with E-state index in [1.54, 1.807) is 6.33 Å². The minimum Gasteiger partial charge on any atom is -0.397 e. The fourth-order valence-corrected chi connectivity index (χ4v) is 1.43. The lowest BCUT2D eigenvalue weighted by Crippen LogP contribution is -1.89. The van der Waals surface area contributed by atoms with Crippen molar-refractivity contribution in [2.24, 2.45) is 0 Å². The van der Waals surface area contributed by atoms with Gasteiger partial charge in [0.2, 0.25) is 0 Å². The van der Waals surface area contributed by atoms with Gasteiger partial charge in [-0.2, -0.15) is 0 Å². The van der Waals surface area contributed by atoms with Crippen molar-refractivity contribution in [3.63, 3.8) is 0 Å². The Kier molecular flexibility index (Phi) is 1.66. The van der Waals surface area contributed by atoms with Gasteiger partial charge in [-0.15, -0.1) is 11.6 Å². The van der Waals surface area contributed by atoms with Crippen molar-refractivity contribution in [3.05, 3.63) is 24.0 Å². The number of benzene rings is 1. The van der Waals surface area contributed by atoms with Crippen molar-refractivity contribution in [1.29, 1.82) is 0 Å². The highest BCUT2D eigenvalue weighted by molar-refractivity contribution is 6.18. The summed E-state index contributed by atoms with van der Waals surface area (Å²) >= 11 is 5.72. The van der Waals surface area contributed by atoms with Gasteiger partial charge in [-0.1, -0.05) is 6.07 Å². The van der Waals surface area contributed by atoms with Gasteiger partial charge >= 0.3 is 0 Å². The van der Waals surface area contributed by atoms with Crippen LogP contribution in [-0.2, 0) is 5.88 Å². The number of nitrogens with two attached hydrogens (primary N) is 1. The second-order valence-electron chi connectivity index (χ2n) is 2.57. The normalized spacial score (nSPS) is 10.8. The van der Waals surface area contributed by atoms with E-state index in [9.17, 15) is 0 Å². The zero-order chi connectivity index (χ0) is 8.55. The van der Waals surface area contributed by atoms with E-state index < -0.39 is 0 Å². The molecule has 0 aliphatic rings. The lowest BCUT2D eigenvalue weighted by molar-refractivity contribution is 1.33. The number of fused-ring (bicyclic) bond motifs is 1. The smallest absolute Gasteiger partial charge is 0.0947 e. The number of halogens is 1. The van der Waals surface area contributed by atoms with Crippen LogP contribution in [0.25, 0.3) is 11.0 Å². The van der Waals surface area contributed by atoms with Crippen molar-refractivity contribution in [2.45, 2.75) is 5.88 Å². The van der Waals surface area contributed by atoms with E-state index in [0.29, 0.717) is 11.6 Å². The first-order chi connectivity index (χ1) is 5.83. The zero-order valence-corrected chi connectivity index (χ0v) is 7.10. The maximum Gasteiger partial charge on any atom is 0.0947 e. The summed E-state index contributed by atoms with van der Waals surface area (Å²) in [6, 6.07) is 3.73. The molecule has 0 aliphatic carbocycles. The van der Waals surface area contributed by atoms with E-state index in [1.165, 1.54) is 0 Å². The standard InChI is InChI=1S/C8H8ClN3/c9-3-5-1-2-6(10)8-7(5)11-4-12-8/h1-2,4H,3,10H2,(H,11,12). The van der Waals surface area contributed by atoms with Crippen molar-refractivity contribution >= 4 is 28.3 Å². The van der Waals surface area contributed by atoms with E-state index in [4.69, 9.17) is 17.3 Å². The highest BCUT2D eigenvalue weighted by Crippen LogP contribution is 2.21. The number of nitrogens with one attached hydrogen (secondary N) is 1. The third-order valence-corrected chi connectivity index (χ3v) is 2.13.